The maximum absolute atomic E-state index is 13.1. The lowest BCUT2D eigenvalue weighted by Gasteiger charge is -2.28. The van der Waals surface area contributed by atoms with E-state index in [4.69, 9.17) is 0 Å². The van der Waals surface area contributed by atoms with E-state index in [2.05, 4.69) is 33.9 Å². The van der Waals surface area contributed by atoms with Gasteiger partial charge in [-0.3, -0.25) is 4.79 Å². The number of sulfone groups is 1. The summed E-state index contributed by atoms with van der Waals surface area (Å²) in [5.74, 6) is -0.130. The van der Waals surface area contributed by atoms with Crippen LogP contribution in [0.2, 0.25) is 0 Å². The largest absolute Gasteiger partial charge is 0.372 e. The molecule has 0 unspecified atom stereocenters. The van der Waals surface area contributed by atoms with Crippen LogP contribution in [0.4, 0.5) is 11.5 Å². The Bertz CT molecular complexity index is 1200. The number of hydrogen-bond acceptors (Lipinski definition) is 8. The summed E-state index contributed by atoms with van der Waals surface area (Å²) in [5.41, 5.74) is 1.43. The molecule has 0 aliphatic carbocycles. The Labute approximate surface area is 193 Å². The minimum atomic E-state index is -3.75. The molecule has 1 N–H and O–H groups in total. The zero-order chi connectivity index (χ0) is 22.7. The van der Waals surface area contributed by atoms with Crippen molar-refractivity contribution in [1.29, 1.82) is 0 Å². The van der Waals surface area contributed by atoms with E-state index in [-0.39, 0.29) is 4.21 Å². The molecule has 170 valence electrons. The summed E-state index contributed by atoms with van der Waals surface area (Å²) in [5, 5.41) is 4.14. The van der Waals surface area contributed by atoms with Crippen molar-refractivity contribution in [2.24, 2.45) is 0 Å². The molecule has 0 saturated carbocycles. The maximum Gasteiger partial charge on any atom is 0.195 e. The third kappa shape index (κ3) is 4.65. The number of Topliss-reactive ketones (excluding diaryl/α,β-unsaturated/α-hetero) is 1. The average molecular weight is 473 g/mol. The van der Waals surface area contributed by atoms with E-state index in [9.17, 15) is 13.2 Å². The molecule has 1 fully saturated rings. The maximum atomic E-state index is 13.1. The number of carbonyl (C=O) groups excluding carboxylic acids is 1. The Hall–Kier alpha value is -2.49. The van der Waals surface area contributed by atoms with Crippen LogP contribution in [0.15, 0.2) is 46.8 Å². The van der Waals surface area contributed by atoms with Crippen molar-refractivity contribution in [3.05, 3.63) is 48.2 Å². The first-order valence-corrected chi connectivity index (χ1v) is 13.3. The summed E-state index contributed by atoms with van der Waals surface area (Å²) in [6, 6.07) is 10.7. The van der Waals surface area contributed by atoms with Crippen molar-refractivity contribution >= 4 is 48.5 Å². The Balaban J connectivity index is 1.56. The van der Waals surface area contributed by atoms with Crippen molar-refractivity contribution in [3.8, 4) is 0 Å². The fourth-order valence-electron chi connectivity index (χ4n) is 3.98. The molecular weight excluding hydrogens is 444 g/mol. The number of hydrogen-bond donors (Lipinski definition) is 1. The summed E-state index contributed by atoms with van der Waals surface area (Å²) in [4.78, 5) is 21.6. The molecule has 3 heterocycles. The Morgan fingerprint density at radius 2 is 1.81 bits per heavy atom. The van der Waals surface area contributed by atoms with Crippen LogP contribution in [-0.2, 0) is 9.84 Å². The van der Waals surface area contributed by atoms with Gasteiger partial charge in [0.2, 0.25) is 0 Å². The van der Waals surface area contributed by atoms with Crippen LogP contribution in [0.5, 0.6) is 0 Å². The van der Waals surface area contributed by atoms with Crippen molar-refractivity contribution in [2.75, 3.05) is 54.8 Å². The van der Waals surface area contributed by atoms with E-state index in [0.29, 0.717) is 5.56 Å². The summed E-state index contributed by atoms with van der Waals surface area (Å²) >= 11 is 1.20. The number of nitrogens with zero attached hydrogens (tertiary/aromatic N) is 3. The third-order valence-electron chi connectivity index (χ3n) is 5.76. The topological polar surface area (TPSA) is 82.6 Å². The Morgan fingerprint density at radius 3 is 2.47 bits per heavy atom. The molecule has 3 aromatic rings. The molecule has 1 aliphatic rings. The predicted octanol–water partition coefficient (Wildman–Crippen LogP) is 3.21. The van der Waals surface area contributed by atoms with Gasteiger partial charge >= 0.3 is 0 Å². The van der Waals surface area contributed by atoms with E-state index in [0.717, 1.165) is 60.9 Å². The van der Waals surface area contributed by atoms with Crippen LogP contribution in [-0.4, -0.2) is 64.2 Å². The molecule has 4 rings (SSSR count). The van der Waals surface area contributed by atoms with Crippen molar-refractivity contribution in [2.45, 2.75) is 18.1 Å². The fraction of sp³-hybridized carbons (Fsp3) is 0.391. The highest BCUT2D eigenvalue weighted by Gasteiger charge is 2.25. The van der Waals surface area contributed by atoms with E-state index in [1.54, 1.807) is 24.4 Å². The number of aromatic nitrogens is 1. The molecule has 0 atom stereocenters. The van der Waals surface area contributed by atoms with Gasteiger partial charge < -0.3 is 15.1 Å². The monoisotopic (exact) mass is 472 g/mol. The average Bonchev–Trinajstić information content (AvgIpc) is 3.26. The van der Waals surface area contributed by atoms with Crippen molar-refractivity contribution in [3.63, 3.8) is 0 Å². The molecule has 0 amide bonds. The SMILES string of the molecule is CCN(CC)c1ccc(C(=O)CS(=O)(=O)c2cc3c(N4CCNCC4)nccc3s2)cc1. The number of pyridine rings is 1. The molecule has 1 saturated heterocycles. The lowest BCUT2D eigenvalue weighted by atomic mass is 10.1. The second kappa shape index (κ2) is 9.56. The van der Waals surface area contributed by atoms with Gasteiger partial charge in [-0.2, -0.15) is 0 Å². The molecule has 9 heteroatoms. The van der Waals surface area contributed by atoms with E-state index in [1.165, 1.54) is 11.3 Å². The number of anilines is 2. The zero-order valence-corrected chi connectivity index (χ0v) is 20.0. The number of nitrogens with one attached hydrogen (secondary N) is 1. The molecule has 7 nitrogen and oxygen atoms in total. The molecule has 1 aromatic carbocycles. The molecular formula is C23H28N4O3S2. The number of ketones is 1. The summed E-state index contributed by atoms with van der Waals surface area (Å²) < 4.78 is 27.2. The lowest BCUT2D eigenvalue weighted by molar-refractivity contribution is 0.102. The molecule has 0 spiro atoms. The van der Waals surface area contributed by atoms with Gasteiger partial charge in [0.1, 0.15) is 15.8 Å². The second-order valence-electron chi connectivity index (χ2n) is 7.75. The number of fused-ring (bicyclic) bond motifs is 1. The number of carbonyl (C=O) groups is 1. The van der Waals surface area contributed by atoms with E-state index in [1.807, 2.05) is 18.2 Å². The number of benzene rings is 1. The smallest absolute Gasteiger partial charge is 0.195 e. The summed E-state index contributed by atoms with van der Waals surface area (Å²) in [6.07, 6.45) is 1.72. The van der Waals surface area contributed by atoms with Gasteiger partial charge in [0.05, 0.1) is 0 Å². The van der Waals surface area contributed by atoms with Gasteiger partial charge in [-0.05, 0) is 50.2 Å². The van der Waals surface area contributed by atoms with Gasteiger partial charge in [0.25, 0.3) is 0 Å². The fourth-order valence-corrected chi connectivity index (χ4v) is 6.67. The first kappa shape index (κ1) is 22.7. The first-order chi connectivity index (χ1) is 15.4. The molecule has 32 heavy (non-hydrogen) atoms. The number of thiophene rings is 1. The highest BCUT2D eigenvalue weighted by Crippen LogP contribution is 2.35. The Kier molecular flexibility index (Phi) is 6.78. The first-order valence-electron chi connectivity index (χ1n) is 10.9. The van der Waals surface area contributed by atoms with Crippen LogP contribution >= 0.6 is 11.3 Å². The normalized spacial score (nSPS) is 14.6. The van der Waals surface area contributed by atoms with Crippen LogP contribution in [0, 0.1) is 0 Å². The van der Waals surface area contributed by atoms with Crippen LogP contribution < -0.4 is 15.1 Å². The highest BCUT2D eigenvalue weighted by atomic mass is 32.2. The van der Waals surface area contributed by atoms with Crippen LogP contribution in [0.3, 0.4) is 0 Å². The molecule has 2 aromatic heterocycles. The van der Waals surface area contributed by atoms with E-state index < -0.39 is 21.4 Å². The highest BCUT2D eigenvalue weighted by molar-refractivity contribution is 7.94. The lowest BCUT2D eigenvalue weighted by Crippen LogP contribution is -2.43. The van der Waals surface area contributed by atoms with Crippen LogP contribution in [0.25, 0.3) is 10.1 Å². The molecule has 1 aliphatic heterocycles. The molecule has 0 bridgehead atoms. The zero-order valence-electron chi connectivity index (χ0n) is 18.4. The summed E-state index contributed by atoms with van der Waals surface area (Å²) in [7, 11) is -3.75. The quantitative estimate of drug-likeness (QED) is 0.504. The van der Waals surface area contributed by atoms with Crippen LogP contribution in [0.1, 0.15) is 24.2 Å². The second-order valence-corrected chi connectivity index (χ2v) is 11.1. The third-order valence-corrected chi connectivity index (χ3v) is 9.04. The van der Waals surface area contributed by atoms with Gasteiger partial charge in [-0.15, -0.1) is 11.3 Å². The minimum absolute atomic E-state index is 0.213. The summed E-state index contributed by atoms with van der Waals surface area (Å²) in [6.45, 7) is 9.28. The van der Waals surface area contributed by atoms with Gasteiger partial charge in [-0.25, -0.2) is 13.4 Å². The van der Waals surface area contributed by atoms with E-state index >= 15 is 0 Å². The van der Waals surface area contributed by atoms with Crippen molar-refractivity contribution in [1.82, 2.24) is 10.3 Å². The number of rotatable bonds is 8. The van der Waals surface area contributed by atoms with Gasteiger partial charge in [0, 0.05) is 66.8 Å². The predicted molar refractivity (Wildman–Crippen MR) is 131 cm³/mol. The van der Waals surface area contributed by atoms with Gasteiger partial charge in [0.15, 0.2) is 15.6 Å². The van der Waals surface area contributed by atoms with Gasteiger partial charge in [-0.1, -0.05) is 0 Å². The van der Waals surface area contributed by atoms with Crippen molar-refractivity contribution < 1.29 is 13.2 Å². The number of piperazine rings is 1. The minimum Gasteiger partial charge on any atom is -0.372 e. The molecule has 0 radical (unpaired) electrons. The standard InChI is InChI=1S/C23H28N4O3S2/c1-3-26(4-2)18-7-5-17(6-8-18)20(28)16-32(29,30)22-15-19-21(31-22)9-10-25-23(19)27-13-11-24-12-14-27/h5-10,15,24H,3-4,11-14,16H2,1-2H3. The Morgan fingerprint density at radius 1 is 1.12 bits per heavy atom.